The first kappa shape index (κ1) is 17.8. The van der Waals surface area contributed by atoms with E-state index in [0.29, 0.717) is 29.5 Å². The van der Waals surface area contributed by atoms with Crippen molar-refractivity contribution in [2.24, 2.45) is 11.7 Å². The summed E-state index contributed by atoms with van der Waals surface area (Å²) in [7, 11) is 0.412. The number of nitrogens with zero attached hydrogens (tertiary/aromatic N) is 4. The van der Waals surface area contributed by atoms with Gasteiger partial charge in [-0.25, -0.2) is 9.97 Å². The first-order chi connectivity index (χ1) is 12.5. The van der Waals surface area contributed by atoms with Gasteiger partial charge in [0.2, 0.25) is 0 Å². The van der Waals surface area contributed by atoms with Gasteiger partial charge in [0.15, 0.2) is 11.3 Å². The predicted molar refractivity (Wildman–Crippen MR) is 108 cm³/mol. The number of ether oxygens (including phenoxy) is 1. The summed E-state index contributed by atoms with van der Waals surface area (Å²) in [5, 5.41) is 0. The molecule has 0 aromatic carbocycles. The van der Waals surface area contributed by atoms with Gasteiger partial charge in [0.05, 0.1) is 30.8 Å². The fraction of sp³-hybridized carbons (Fsp3) is 0.579. The third-order valence-corrected chi connectivity index (χ3v) is 6.42. The van der Waals surface area contributed by atoms with Gasteiger partial charge in [-0.15, -0.1) is 0 Å². The van der Waals surface area contributed by atoms with Crippen LogP contribution in [0, 0.1) is 5.92 Å². The average molecular weight is 375 g/mol. The van der Waals surface area contributed by atoms with Gasteiger partial charge in [0.25, 0.3) is 0 Å². The molecular weight excluding hydrogens is 346 g/mol. The molecule has 4 rings (SSSR count). The molecule has 1 aliphatic carbocycles. The summed E-state index contributed by atoms with van der Waals surface area (Å²) < 4.78 is 10.2. The van der Waals surface area contributed by atoms with Crippen molar-refractivity contribution in [3.8, 4) is 0 Å². The molecule has 1 saturated carbocycles. The van der Waals surface area contributed by atoms with E-state index in [1.807, 2.05) is 12.4 Å². The molecular formula is C19H28N5OS+. The Balaban J connectivity index is 1.66. The molecule has 0 aliphatic heterocycles. The fourth-order valence-electron chi connectivity index (χ4n) is 4.08. The van der Waals surface area contributed by atoms with Crippen LogP contribution in [-0.4, -0.2) is 49.8 Å². The predicted octanol–water partition coefficient (Wildman–Crippen LogP) is 2.38. The molecule has 3 aromatic heterocycles. The minimum absolute atomic E-state index is 0.289. The molecule has 3 atom stereocenters. The molecule has 140 valence electrons. The average Bonchev–Trinajstić information content (AvgIpc) is 3.27. The highest BCUT2D eigenvalue weighted by atomic mass is 32.2. The van der Waals surface area contributed by atoms with Gasteiger partial charge in [-0.05, 0) is 35.7 Å². The molecule has 0 amide bonds. The van der Waals surface area contributed by atoms with Crippen LogP contribution in [0.25, 0.3) is 16.8 Å². The summed E-state index contributed by atoms with van der Waals surface area (Å²) >= 11 is 0. The second-order valence-corrected chi connectivity index (χ2v) is 10.1. The Morgan fingerprint density at radius 1 is 1.27 bits per heavy atom. The Hall–Kier alpha value is -1.57. The summed E-state index contributed by atoms with van der Waals surface area (Å²) in [5.41, 5.74) is 10.4. The van der Waals surface area contributed by atoms with Gasteiger partial charge in [0.1, 0.15) is 12.5 Å². The normalized spacial score (nSPS) is 23.7. The van der Waals surface area contributed by atoms with Crippen LogP contribution in [0.3, 0.4) is 0 Å². The number of nitrogens with two attached hydrogens (primary N) is 1. The van der Waals surface area contributed by atoms with Crippen LogP contribution in [0.2, 0.25) is 0 Å². The quantitative estimate of drug-likeness (QED) is 0.531. The van der Waals surface area contributed by atoms with Gasteiger partial charge in [-0.2, -0.15) is 0 Å². The third-order valence-electron chi connectivity index (χ3n) is 5.44. The molecule has 3 heterocycles. The van der Waals surface area contributed by atoms with Crippen LogP contribution in [0.15, 0.2) is 24.7 Å². The number of rotatable bonds is 6. The number of hydrogen-bond acceptors (Lipinski definition) is 4. The Bertz CT molecular complexity index is 902. The molecule has 7 heteroatoms. The summed E-state index contributed by atoms with van der Waals surface area (Å²) in [6, 6.07) is 2.41. The van der Waals surface area contributed by atoms with Crippen molar-refractivity contribution in [2.75, 3.05) is 24.9 Å². The maximum Gasteiger partial charge on any atom is 0.159 e. The van der Waals surface area contributed by atoms with E-state index in [-0.39, 0.29) is 6.04 Å². The first-order valence-electron chi connectivity index (χ1n) is 9.23. The summed E-state index contributed by atoms with van der Waals surface area (Å²) in [4.78, 5) is 9.23. The van der Waals surface area contributed by atoms with Crippen molar-refractivity contribution in [1.29, 1.82) is 0 Å². The van der Waals surface area contributed by atoms with E-state index in [2.05, 4.69) is 50.6 Å². The summed E-state index contributed by atoms with van der Waals surface area (Å²) in [5.74, 6) is 2.13. The number of aromatic nitrogens is 4. The number of fused-ring (bicyclic) bond motifs is 3. The minimum Gasteiger partial charge on any atom is -0.356 e. The second kappa shape index (κ2) is 7.21. The molecule has 3 unspecified atom stereocenters. The second-order valence-electron chi connectivity index (χ2n) is 7.67. The molecule has 2 N–H and O–H groups in total. The van der Waals surface area contributed by atoms with Crippen molar-refractivity contribution in [2.45, 2.75) is 38.5 Å². The minimum atomic E-state index is 0.289. The molecule has 3 aromatic rings. The maximum atomic E-state index is 6.21. The van der Waals surface area contributed by atoms with E-state index >= 15 is 0 Å². The third kappa shape index (κ3) is 3.23. The van der Waals surface area contributed by atoms with Crippen molar-refractivity contribution < 1.29 is 4.74 Å². The highest BCUT2D eigenvalue weighted by Crippen LogP contribution is 2.39. The topological polar surface area (TPSA) is 70.4 Å². The van der Waals surface area contributed by atoms with Crippen LogP contribution in [0.4, 0.5) is 0 Å². The maximum absolute atomic E-state index is 6.21. The standard InChI is InChI=1S/C19H28N5OS/c1-13-8-14(20)9-15(13)17-10-21-18-11-22-19-16(24(17)18)4-5-23(19)12-25-6-7-26(2)3/h4-5,10-11,13-15H,6-9,12,20H2,1-3H3/q+1. The van der Waals surface area contributed by atoms with Crippen molar-refractivity contribution in [3.05, 3.63) is 30.4 Å². The molecule has 26 heavy (non-hydrogen) atoms. The van der Waals surface area contributed by atoms with Crippen molar-refractivity contribution in [1.82, 2.24) is 18.9 Å². The fourth-order valence-corrected chi connectivity index (χ4v) is 4.53. The lowest BCUT2D eigenvalue weighted by atomic mass is 9.95. The van der Waals surface area contributed by atoms with Gasteiger partial charge < -0.3 is 15.0 Å². The highest BCUT2D eigenvalue weighted by molar-refractivity contribution is 7.95. The number of imidazole rings is 1. The van der Waals surface area contributed by atoms with Crippen LogP contribution < -0.4 is 5.73 Å². The van der Waals surface area contributed by atoms with E-state index in [9.17, 15) is 0 Å². The van der Waals surface area contributed by atoms with Crippen LogP contribution in [-0.2, 0) is 22.4 Å². The number of hydrogen-bond donors (Lipinski definition) is 1. The molecule has 6 nitrogen and oxygen atoms in total. The van der Waals surface area contributed by atoms with E-state index < -0.39 is 0 Å². The zero-order chi connectivity index (χ0) is 18.3. The van der Waals surface area contributed by atoms with Gasteiger partial charge in [-0.3, -0.25) is 4.40 Å². The Morgan fingerprint density at radius 3 is 2.85 bits per heavy atom. The van der Waals surface area contributed by atoms with Gasteiger partial charge in [0, 0.05) is 30.0 Å². The molecule has 0 radical (unpaired) electrons. The van der Waals surface area contributed by atoms with E-state index in [4.69, 9.17) is 10.5 Å². The van der Waals surface area contributed by atoms with Crippen molar-refractivity contribution >= 4 is 27.7 Å². The zero-order valence-electron chi connectivity index (χ0n) is 15.8. The molecule has 0 bridgehead atoms. The van der Waals surface area contributed by atoms with E-state index in [1.165, 1.54) is 5.69 Å². The molecule has 1 aliphatic rings. The lowest BCUT2D eigenvalue weighted by molar-refractivity contribution is 0.0924. The smallest absolute Gasteiger partial charge is 0.159 e. The zero-order valence-corrected chi connectivity index (χ0v) is 16.6. The Kier molecular flexibility index (Phi) is 4.94. The summed E-state index contributed by atoms with van der Waals surface area (Å²) in [6.07, 6.45) is 12.5. The van der Waals surface area contributed by atoms with E-state index in [0.717, 1.165) is 42.0 Å². The lowest BCUT2D eigenvalue weighted by Gasteiger charge is -2.15. The highest BCUT2D eigenvalue weighted by Gasteiger charge is 2.32. The van der Waals surface area contributed by atoms with Crippen molar-refractivity contribution in [3.63, 3.8) is 0 Å². The SMILES string of the molecule is CC1CC(N)CC1c1cnc2cnc3c(ccn3COCC[S+](C)C)n12. The first-order valence-corrected chi connectivity index (χ1v) is 11.4. The molecule has 0 saturated heterocycles. The molecule has 1 fully saturated rings. The van der Waals surface area contributed by atoms with Crippen LogP contribution >= 0.6 is 0 Å². The van der Waals surface area contributed by atoms with Gasteiger partial charge in [-0.1, -0.05) is 6.92 Å². The van der Waals surface area contributed by atoms with Crippen LogP contribution in [0.5, 0.6) is 0 Å². The monoisotopic (exact) mass is 374 g/mol. The van der Waals surface area contributed by atoms with Crippen LogP contribution in [0.1, 0.15) is 31.4 Å². The molecule has 0 spiro atoms. The Labute approximate surface area is 157 Å². The largest absolute Gasteiger partial charge is 0.356 e. The van der Waals surface area contributed by atoms with E-state index in [1.54, 1.807) is 0 Å². The Morgan fingerprint density at radius 2 is 2.12 bits per heavy atom. The lowest BCUT2D eigenvalue weighted by Crippen LogP contribution is -2.14. The van der Waals surface area contributed by atoms with Gasteiger partial charge >= 0.3 is 0 Å². The summed E-state index contributed by atoms with van der Waals surface area (Å²) in [6.45, 7) is 3.61.